The maximum Gasteiger partial charge on any atom is 0.258 e. The van der Waals surface area contributed by atoms with Gasteiger partial charge in [-0.2, -0.15) is 0 Å². The van der Waals surface area contributed by atoms with Crippen LogP contribution in [-0.2, 0) is 0 Å². The lowest BCUT2D eigenvalue weighted by atomic mass is 10.1. The molecule has 1 aliphatic rings. The average molecular weight is 392 g/mol. The van der Waals surface area contributed by atoms with Crippen LogP contribution in [0.15, 0.2) is 54.7 Å². The summed E-state index contributed by atoms with van der Waals surface area (Å²) in [4.78, 5) is 23.6. The number of aromatic nitrogens is 2. The van der Waals surface area contributed by atoms with Crippen LogP contribution < -0.4 is 21.3 Å². The molecule has 148 valence electrons. The van der Waals surface area contributed by atoms with Gasteiger partial charge >= 0.3 is 0 Å². The monoisotopic (exact) mass is 392 g/mol. The molecule has 29 heavy (non-hydrogen) atoms. The summed E-state index contributed by atoms with van der Waals surface area (Å²) in [6.45, 7) is 3.60. The molecule has 0 saturated carbocycles. The average Bonchev–Trinajstić information content (AvgIpc) is 2.76. The van der Waals surface area contributed by atoms with Crippen LogP contribution in [0.25, 0.3) is 11.3 Å². The third kappa shape index (κ3) is 4.33. The Bertz CT molecular complexity index is 1000. The molecule has 4 N–H and O–H groups in total. The number of nitrogen functional groups attached to an aromatic ring is 1. The number of hydrogen-bond acceptors (Lipinski definition) is 6. The van der Waals surface area contributed by atoms with Gasteiger partial charge < -0.3 is 21.3 Å². The van der Waals surface area contributed by atoms with Crippen molar-refractivity contribution in [2.45, 2.75) is 0 Å². The molecular formula is C21H21FN6O. The van der Waals surface area contributed by atoms with E-state index in [0.717, 1.165) is 37.6 Å². The van der Waals surface area contributed by atoms with E-state index >= 15 is 0 Å². The highest BCUT2D eigenvalue weighted by molar-refractivity contribution is 6.05. The number of carbonyl (C=O) groups is 1. The molecule has 2 aromatic heterocycles. The van der Waals surface area contributed by atoms with Crippen molar-refractivity contribution in [3.05, 3.63) is 66.1 Å². The van der Waals surface area contributed by atoms with Crippen LogP contribution in [0.4, 0.5) is 21.7 Å². The highest BCUT2D eigenvalue weighted by Gasteiger charge is 2.14. The molecule has 8 heteroatoms. The Morgan fingerprint density at radius 2 is 1.83 bits per heavy atom. The number of nitrogens with zero attached hydrogens (tertiary/aromatic N) is 3. The van der Waals surface area contributed by atoms with Crippen molar-refractivity contribution in [2.24, 2.45) is 0 Å². The van der Waals surface area contributed by atoms with E-state index in [-0.39, 0.29) is 17.5 Å². The minimum atomic E-state index is -0.347. The zero-order valence-corrected chi connectivity index (χ0v) is 15.7. The number of amides is 1. The fraction of sp³-hybridized carbons (Fsp3) is 0.190. The Morgan fingerprint density at radius 3 is 2.52 bits per heavy atom. The summed E-state index contributed by atoms with van der Waals surface area (Å²) in [5.74, 6) is 0.427. The zero-order valence-electron chi connectivity index (χ0n) is 15.7. The topological polar surface area (TPSA) is 96.2 Å². The summed E-state index contributed by atoms with van der Waals surface area (Å²) in [6, 6.07) is 12.9. The lowest BCUT2D eigenvalue weighted by Gasteiger charge is -2.28. The summed E-state index contributed by atoms with van der Waals surface area (Å²) < 4.78 is 13.1. The maximum absolute atomic E-state index is 13.1. The van der Waals surface area contributed by atoms with Gasteiger partial charge in [0.1, 0.15) is 11.6 Å². The highest BCUT2D eigenvalue weighted by Crippen LogP contribution is 2.24. The van der Waals surface area contributed by atoms with Crippen molar-refractivity contribution in [3.8, 4) is 11.3 Å². The number of anilines is 3. The third-order valence-corrected chi connectivity index (χ3v) is 4.75. The molecule has 4 rings (SSSR count). The second-order valence-corrected chi connectivity index (χ2v) is 6.74. The molecule has 1 aromatic carbocycles. The predicted molar refractivity (Wildman–Crippen MR) is 111 cm³/mol. The number of hydrogen-bond donors (Lipinski definition) is 3. The molecule has 0 spiro atoms. The first kappa shape index (κ1) is 18.8. The smallest absolute Gasteiger partial charge is 0.258 e. The van der Waals surface area contributed by atoms with Crippen LogP contribution in [0.1, 0.15) is 10.4 Å². The molecule has 1 aliphatic heterocycles. The normalized spacial score (nSPS) is 13.9. The first-order valence-electron chi connectivity index (χ1n) is 9.36. The molecule has 0 radical (unpaired) electrons. The number of benzene rings is 1. The molecule has 0 atom stereocenters. The SMILES string of the molecule is Nc1ccc(-c2ccc(F)cc2)nc1NC(=O)c1ccc(N2CCNCC2)nc1. The van der Waals surface area contributed by atoms with E-state index in [0.29, 0.717) is 16.9 Å². The van der Waals surface area contributed by atoms with Gasteiger partial charge in [-0.25, -0.2) is 14.4 Å². The van der Waals surface area contributed by atoms with Crippen LogP contribution in [0.2, 0.25) is 0 Å². The summed E-state index contributed by atoms with van der Waals surface area (Å²) >= 11 is 0. The van der Waals surface area contributed by atoms with Crippen LogP contribution >= 0.6 is 0 Å². The van der Waals surface area contributed by atoms with E-state index < -0.39 is 0 Å². The van der Waals surface area contributed by atoms with Crippen molar-refractivity contribution < 1.29 is 9.18 Å². The lowest BCUT2D eigenvalue weighted by molar-refractivity contribution is 0.102. The number of carbonyl (C=O) groups excluding carboxylic acids is 1. The van der Waals surface area contributed by atoms with E-state index in [4.69, 9.17) is 5.73 Å². The zero-order chi connectivity index (χ0) is 20.2. The number of halogens is 1. The molecule has 3 aromatic rings. The molecule has 0 unspecified atom stereocenters. The summed E-state index contributed by atoms with van der Waals surface area (Å²) in [6.07, 6.45) is 1.55. The summed E-state index contributed by atoms with van der Waals surface area (Å²) in [5.41, 5.74) is 8.04. The predicted octanol–water partition coefficient (Wildman–Crippen LogP) is 2.53. The molecule has 1 fully saturated rings. The second kappa shape index (κ2) is 8.24. The van der Waals surface area contributed by atoms with Crippen LogP contribution in [-0.4, -0.2) is 42.1 Å². The van der Waals surface area contributed by atoms with Gasteiger partial charge in [-0.05, 0) is 48.5 Å². The van der Waals surface area contributed by atoms with Gasteiger partial charge in [-0.3, -0.25) is 4.79 Å². The van der Waals surface area contributed by atoms with E-state index in [1.165, 1.54) is 12.1 Å². The number of pyridine rings is 2. The Kier molecular flexibility index (Phi) is 5.35. The Labute approximate surface area is 167 Å². The van der Waals surface area contributed by atoms with E-state index in [2.05, 4.69) is 25.5 Å². The van der Waals surface area contributed by atoms with Crippen molar-refractivity contribution >= 4 is 23.2 Å². The van der Waals surface area contributed by atoms with Crippen molar-refractivity contribution in [2.75, 3.05) is 42.1 Å². The van der Waals surface area contributed by atoms with E-state index in [1.54, 1.807) is 36.5 Å². The number of rotatable bonds is 4. The van der Waals surface area contributed by atoms with Gasteiger partial charge in [-0.15, -0.1) is 0 Å². The quantitative estimate of drug-likeness (QED) is 0.631. The maximum atomic E-state index is 13.1. The van der Waals surface area contributed by atoms with Gasteiger partial charge in [0.05, 0.1) is 16.9 Å². The summed E-state index contributed by atoms with van der Waals surface area (Å²) in [5, 5.41) is 6.03. The molecular weight excluding hydrogens is 371 g/mol. The third-order valence-electron chi connectivity index (χ3n) is 4.75. The minimum Gasteiger partial charge on any atom is -0.396 e. The molecule has 0 bridgehead atoms. The Balaban J connectivity index is 1.50. The minimum absolute atomic E-state index is 0.253. The molecule has 1 amide bonds. The van der Waals surface area contributed by atoms with Crippen LogP contribution in [0.5, 0.6) is 0 Å². The number of nitrogens with one attached hydrogen (secondary N) is 2. The number of piperazine rings is 1. The van der Waals surface area contributed by atoms with E-state index in [9.17, 15) is 9.18 Å². The van der Waals surface area contributed by atoms with Crippen LogP contribution in [0, 0.1) is 5.82 Å². The second-order valence-electron chi connectivity index (χ2n) is 6.74. The van der Waals surface area contributed by atoms with Gasteiger partial charge in [0.15, 0.2) is 5.82 Å². The number of nitrogens with two attached hydrogens (primary N) is 1. The van der Waals surface area contributed by atoms with Crippen LogP contribution in [0.3, 0.4) is 0 Å². The first-order chi connectivity index (χ1) is 14.1. The fourth-order valence-electron chi connectivity index (χ4n) is 3.13. The highest BCUT2D eigenvalue weighted by atomic mass is 19.1. The van der Waals surface area contributed by atoms with Crippen molar-refractivity contribution in [1.29, 1.82) is 0 Å². The van der Waals surface area contributed by atoms with Gasteiger partial charge in [-0.1, -0.05) is 0 Å². The molecule has 0 aliphatic carbocycles. The largest absolute Gasteiger partial charge is 0.396 e. The van der Waals surface area contributed by atoms with Crippen molar-refractivity contribution in [1.82, 2.24) is 15.3 Å². The molecule has 1 saturated heterocycles. The fourth-order valence-corrected chi connectivity index (χ4v) is 3.13. The Hall–Kier alpha value is -3.52. The first-order valence-corrected chi connectivity index (χ1v) is 9.36. The van der Waals surface area contributed by atoms with E-state index in [1.807, 2.05) is 6.07 Å². The van der Waals surface area contributed by atoms with Gasteiger partial charge in [0, 0.05) is 37.9 Å². The Morgan fingerprint density at radius 1 is 1.07 bits per heavy atom. The molecule has 7 nitrogen and oxygen atoms in total. The molecule has 3 heterocycles. The van der Waals surface area contributed by atoms with Crippen molar-refractivity contribution in [3.63, 3.8) is 0 Å². The van der Waals surface area contributed by atoms with Gasteiger partial charge in [0.25, 0.3) is 5.91 Å². The lowest BCUT2D eigenvalue weighted by Crippen LogP contribution is -2.43. The summed E-state index contributed by atoms with van der Waals surface area (Å²) in [7, 11) is 0. The standard InChI is InChI=1S/C21H21FN6O/c22-16-4-1-14(2-5-16)18-7-6-17(23)20(26-18)27-21(29)15-3-8-19(25-13-15)28-11-9-24-10-12-28/h1-8,13,24H,9-12,23H2,(H,26,27,29). The van der Waals surface area contributed by atoms with Gasteiger partial charge in [0.2, 0.25) is 0 Å².